The van der Waals surface area contributed by atoms with Gasteiger partial charge >= 0.3 is 12.1 Å². The summed E-state index contributed by atoms with van der Waals surface area (Å²) in [7, 11) is 0. The highest BCUT2D eigenvalue weighted by Crippen LogP contribution is 2.52. The highest BCUT2D eigenvalue weighted by molar-refractivity contribution is 5.81. The predicted octanol–water partition coefficient (Wildman–Crippen LogP) is 3.87. The first-order chi connectivity index (χ1) is 17.0. The number of hydrogen-bond acceptors (Lipinski definition) is 4. The van der Waals surface area contributed by atoms with Gasteiger partial charge < -0.3 is 20.1 Å². The summed E-state index contributed by atoms with van der Waals surface area (Å²) in [6.45, 7) is 1.47. The van der Waals surface area contributed by atoms with Gasteiger partial charge in [-0.15, -0.1) is 0 Å². The van der Waals surface area contributed by atoms with E-state index in [1.165, 1.54) is 22.3 Å². The number of ether oxygens (including phenoxy) is 1. The van der Waals surface area contributed by atoms with Gasteiger partial charge in [-0.1, -0.05) is 48.5 Å². The number of carbonyl (C=O) groups excluding carboxylic acids is 2. The quantitative estimate of drug-likeness (QED) is 0.686. The standard InChI is InChI=1S/C28H30N2O5/c31-26(30-12-11-22-23(14-30)25(22)27(32)33)16-9-10-17(13-16)29-28(34)35-15-24-20-7-3-1-5-18(20)19-6-2-4-8-21(19)24/h1-8,16-17,22-25H,9-15H2,(H,29,34)(H,32,33)/t16-,17+,22+,23-,25?/m0/s1. The zero-order chi connectivity index (χ0) is 24.1. The van der Waals surface area contributed by atoms with Crippen LogP contribution in [0.25, 0.3) is 11.1 Å². The van der Waals surface area contributed by atoms with Gasteiger partial charge in [0, 0.05) is 31.0 Å². The highest BCUT2D eigenvalue weighted by atomic mass is 16.5. The number of carbonyl (C=O) groups is 3. The maximum Gasteiger partial charge on any atom is 0.407 e. The fourth-order valence-electron chi connectivity index (χ4n) is 6.71. The summed E-state index contributed by atoms with van der Waals surface area (Å²) < 4.78 is 5.67. The van der Waals surface area contributed by atoms with Crippen molar-refractivity contribution in [1.82, 2.24) is 10.2 Å². The highest BCUT2D eigenvalue weighted by Gasteiger charge is 2.57. The average molecular weight is 475 g/mol. The van der Waals surface area contributed by atoms with E-state index in [1.807, 2.05) is 29.2 Å². The Morgan fingerprint density at radius 2 is 1.63 bits per heavy atom. The molecule has 0 radical (unpaired) electrons. The van der Waals surface area contributed by atoms with Crippen LogP contribution >= 0.6 is 0 Å². The number of amides is 2. The van der Waals surface area contributed by atoms with Crippen LogP contribution in [0.15, 0.2) is 48.5 Å². The minimum absolute atomic E-state index is 0.0195. The average Bonchev–Trinajstić information content (AvgIpc) is 3.26. The lowest BCUT2D eigenvalue weighted by atomic mass is 9.98. The molecule has 0 spiro atoms. The number of alkyl carbamates (subject to hydrolysis) is 1. The fraction of sp³-hybridized carbons (Fsp3) is 0.464. The molecule has 2 aromatic carbocycles. The van der Waals surface area contributed by atoms with Crippen LogP contribution in [0.2, 0.25) is 0 Å². The second-order valence-electron chi connectivity index (χ2n) is 10.4. The summed E-state index contributed by atoms with van der Waals surface area (Å²) in [5, 5.41) is 12.3. The zero-order valence-electron chi connectivity index (χ0n) is 19.6. The van der Waals surface area contributed by atoms with Crippen LogP contribution < -0.4 is 5.32 Å². The van der Waals surface area contributed by atoms with Crippen molar-refractivity contribution >= 4 is 18.0 Å². The summed E-state index contributed by atoms with van der Waals surface area (Å²) >= 11 is 0. The molecule has 2 N–H and O–H groups in total. The van der Waals surface area contributed by atoms with E-state index in [0.29, 0.717) is 19.5 Å². The Bertz CT molecular complexity index is 1130. The lowest BCUT2D eigenvalue weighted by molar-refractivity contribution is -0.140. The Morgan fingerprint density at radius 1 is 0.943 bits per heavy atom. The molecule has 3 fully saturated rings. The van der Waals surface area contributed by atoms with Crippen molar-refractivity contribution in [1.29, 1.82) is 0 Å². The molecule has 2 saturated carbocycles. The predicted molar refractivity (Wildman–Crippen MR) is 129 cm³/mol. The van der Waals surface area contributed by atoms with Crippen LogP contribution in [0.3, 0.4) is 0 Å². The normalized spacial score (nSPS) is 28.6. The Kier molecular flexibility index (Phi) is 5.50. The zero-order valence-corrected chi connectivity index (χ0v) is 19.6. The van der Waals surface area contributed by atoms with E-state index in [2.05, 4.69) is 29.6 Å². The maximum absolute atomic E-state index is 13.0. The van der Waals surface area contributed by atoms with Crippen molar-refractivity contribution in [3.8, 4) is 11.1 Å². The molecule has 2 amide bonds. The minimum Gasteiger partial charge on any atom is -0.481 e. The number of carboxylic acids is 1. The van der Waals surface area contributed by atoms with Gasteiger partial charge in [-0.25, -0.2) is 4.79 Å². The number of piperidine rings is 1. The lowest BCUT2D eigenvalue weighted by Crippen LogP contribution is -2.41. The van der Waals surface area contributed by atoms with Gasteiger partial charge in [0.2, 0.25) is 5.91 Å². The minimum atomic E-state index is -0.734. The number of nitrogens with zero attached hydrogens (tertiary/aromatic N) is 1. The molecule has 1 unspecified atom stereocenters. The Morgan fingerprint density at radius 3 is 2.31 bits per heavy atom. The number of rotatable bonds is 5. The topological polar surface area (TPSA) is 95.9 Å². The van der Waals surface area contributed by atoms with Crippen LogP contribution in [0.4, 0.5) is 4.79 Å². The van der Waals surface area contributed by atoms with Crippen molar-refractivity contribution in [3.05, 3.63) is 59.7 Å². The summed E-state index contributed by atoms with van der Waals surface area (Å²) in [5.74, 6) is -0.652. The summed E-state index contributed by atoms with van der Waals surface area (Å²) in [6.07, 6.45) is 2.43. The van der Waals surface area contributed by atoms with Gasteiger partial charge in [0.25, 0.3) is 0 Å². The van der Waals surface area contributed by atoms with Crippen LogP contribution in [0.5, 0.6) is 0 Å². The third kappa shape index (κ3) is 3.97. The molecule has 0 bridgehead atoms. The van der Waals surface area contributed by atoms with Gasteiger partial charge in [0.1, 0.15) is 6.61 Å². The van der Waals surface area contributed by atoms with Gasteiger partial charge in [-0.3, -0.25) is 9.59 Å². The molecule has 3 aliphatic carbocycles. The molecule has 6 rings (SSSR count). The van der Waals surface area contributed by atoms with E-state index in [0.717, 1.165) is 19.3 Å². The Balaban J connectivity index is 1.01. The van der Waals surface area contributed by atoms with Crippen LogP contribution in [-0.4, -0.2) is 53.7 Å². The van der Waals surface area contributed by atoms with E-state index in [1.54, 1.807) is 0 Å². The van der Waals surface area contributed by atoms with Crippen molar-refractivity contribution in [2.24, 2.45) is 23.7 Å². The van der Waals surface area contributed by atoms with Gasteiger partial charge in [0.05, 0.1) is 5.92 Å². The molecule has 4 aliphatic rings. The molecule has 1 aliphatic heterocycles. The van der Waals surface area contributed by atoms with E-state index in [4.69, 9.17) is 4.74 Å². The number of benzene rings is 2. The molecule has 35 heavy (non-hydrogen) atoms. The van der Waals surface area contributed by atoms with E-state index >= 15 is 0 Å². The van der Waals surface area contributed by atoms with Crippen molar-refractivity contribution in [2.45, 2.75) is 37.6 Å². The van der Waals surface area contributed by atoms with Crippen LogP contribution in [0.1, 0.15) is 42.7 Å². The Hall–Kier alpha value is -3.35. The molecule has 182 valence electrons. The fourth-order valence-corrected chi connectivity index (χ4v) is 6.71. The van der Waals surface area contributed by atoms with Crippen LogP contribution in [-0.2, 0) is 14.3 Å². The lowest BCUT2D eigenvalue weighted by Gasteiger charge is -2.28. The maximum atomic E-state index is 13.0. The molecule has 1 heterocycles. The monoisotopic (exact) mass is 474 g/mol. The Labute approximate surface area is 204 Å². The second kappa shape index (κ2) is 8.70. The van der Waals surface area contributed by atoms with E-state index < -0.39 is 12.1 Å². The molecule has 5 atom stereocenters. The molecule has 7 heteroatoms. The first-order valence-corrected chi connectivity index (χ1v) is 12.6. The molecular weight excluding hydrogens is 444 g/mol. The first-order valence-electron chi connectivity index (χ1n) is 12.6. The number of fused-ring (bicyclic) bond motifs is 4. The SMILES string of the molecule is O=C(N[C@@H]1CC[C@H](C(=O)N2CC[C@H]3C(C(=O)O)[C@H]3C2)C1)OCC1c2ccccc2-c2ccccc21. The van der Waals surface area contributed by atoms with Gasteiger partial charge in [-0.2, -0.15) is 0 Å². The molecule has 0 aromatic heterocycles. The van der Waals surface area contributed by atoms with E-state index in [-0.39, 0.29) is 48.1 Å². The molecule has 7 nitrogen and oxygen atoms in total. The molecule has 1 saturated heterocycles. The third-order valence-corrected chi connectivity index (χ3v) is 8.54. The second-order valence-corrected chi connectivity index (χ2v) is 10.4. The number of nitrogens with one attached hydrogen (secondary N) is 1. The molecular formula is C28H30N2O5. The van der Waals surface area contributed by atoms with Gasteiger partial charge in [-0.05, 0) is 59.8 Å². The van der Waals surface area contributed by atoms with Crippen molar-refractivity contribution in [2.75, 3.05) is 19.7 Å². The number of carboxylic acid groups (broad SMARTS) is 1. The smallest absolute Gasteiger partial charge is 0.407 e. The number of hydrogen-bond donors (Lipinski definition) is 2. The van der Waals surface area contributed by atoms with E-state index in [9.17, 15) is 19.5 Å². The number of likely N-dealkylation sites (tertiary alicyclic amines) is 1. The van der Waals surface area contributed by atoms with Crippen LogP contribution in [0, 0.1) is 23.7 Å². The van der Waals surface area contributed by atoms with Gasteiger partial charge in [0.15, 0.2) is 0 Å². The first kappa shape index (κ1) is 22.1. The number of aliphatic carboxylic acids is 1. The van der Waals surface area contributed by atoms with Crippen molar-refractivity contribution in [3.63, 3.8) is 0 Å². The summed E-state index contributed by atoms with van der Waals surface area (Å²) in [6, 6.07) is 16.4. The summed E-state index contributed by atoms with van der Waals surface area (Å²) in [5.41, 5.74) is 4.74. The largest absolute Gasteiger partial charge is 0.481 e. The third-order valence-electron chi connectivity index (χ3n) is 8.54. The molecule has 2 aromatic rings. The van der Waals surface area contributed by atoms with Crippen molar-refractivity contribution < 1.29 is 24.2 Å². The summed E-state index contributed by atoms with van der Waals surface area (Å²) in [4.78, 5) is 38.8.